The molecular weight excluding hydrogens is 256 g/mol. The van der Waals surface area contributed by atoms with Gasteiger partial charge in [-0.25, -0.2) is 4.79 Å². The quantitative estimate of drug-likeness (QED) is 0.865. The van der Waals surface area contributed by atoms with E-state index in [9.17, 15) is 4.79 Å². The predicted molar refractivity (Wildman–Crippen MR) is 70.0 cm³/mol. The van der Waals surface area contributed by atoms with Crippen LogP contribution in [0.15, 0.2) is 21.3 Å². The van der Waals surface area contributed by atoms with Gasteiger partial charge in [0.1, 0.15) is 0 Å². The van der Waals surface area contributed by atoms with Gasteiger partial charge in [-0.1, -0.05) is 25.4 Å². The molecule has 96 valence electrons. The van der Waals surface area contributed by atoms with Crippen molar-refractivity contribution in [2.24, 2.45) is 5.92 Å². The Labute approximate surface area is 109 Å². The molecule has 0 saturated carbocycles. The van der Waals surface area contributed by atoms with Crippen LogP contribution >= 0.6 is 11.6 Å². The third-order valence-corrected chi connectivity index (χ3v) is 2.59. The van der Waals surface area contributed by atoms with Crippen LogP contribution in [0.25, 0.3) is 10.9 Å². The molecule has 0 bridgehead atoms. The molecule has 0 fully saturated rings. The number of anilines is 1. The molecule has 0 aliphatic rings. The summed E-state index contributed by atoms with van der Waals surface area (Å²) in [4.78, 5) is 15.8. The number of rotatable bonds is 3. The summed E-state index contributed by atoms with van der Waals surface area (Å²) in [5.41, 5.74) is 5.89. The number of halogens is 1. The van der Waals surface area contributed by atoms with Crippen molar-refractivity contribution in [3.8, 4) is 6.08 Å². The van der Waals surface area contributed by atoms with E-state index in [-0.39, 0.29) is 11.5 Å². The molecule has 1 aromatic heterocycles. The van der Waals surface area contributed by atoms with Crippen LogP contribution in [0.3, 0.4) is 0 Å². The molecule has 5 nitrogen and oxygen atoms in total. The molecular formula is C12H13ClN2O3. The molecule has 6 heteroatoms. The lowest BCUT2D eigenvalue weighted by molar-refractivity contribution is 0.191. The fourth-order valence-corrected chi connectivity index (χ4v) is 1.55. The summed E-state index contributed by atoms with van der Waals surface area (Å²) >= 11 is 5.84. The van der Waals surface area contributed by atoms with Crippen molar-refractivity contribution in [3.05, 3.63) is 27.6 Å². The van der Waals surface area contributed by atoms with Crippen LogP contribution in [0.5, 0.6) is 6.08 Å². The largest absolute Gasteiger partial charge is 0.450 e. The lowest BCUT2D eigenvalue weighted by Crippen LogP contribution is -2.09. The van der Waals surface area contributed by atoms with Crippen molar-refractivity contribution in [1.29, 1.82) is 0 Å². The predicted octanol–water partition coefficient (Wildman–Crippen LogP) is 2.46. The third-order valence-electron chi connectivity index (χ3n) is 2.27. The molecule has 0 spiro atoms. The SMILES string of the molecule is CC(C)COc1nc2cc(N)c(Cl)cc2c(=O)o1. The van der Waals surface area contributed by atoms with E-state index in [4.69, 9.17) is 26.5 Å². The number of hydrogen-bond acceptors (Lipinski definition) is 5. The zero-order chi connectivity index (χ0) is 13.3. The number of fused-ring (bicyclic) bond motifs is 1. The number of nitrogens with zero attached hydrogens (tertiary/aromatic N) is 1. The summed E-state index contributed by atoms with van der Waals surface area (Å²) in [7, 11) is 0. The Morgan fingerprint density at radius 1 is 1.50 bits per heavy atom. The number of ether oxygens (including phenoxy) is 1. The van der Waals surface area contributed by atoms with Crippen molar-refractivity contribution < 1.29 is 9.15 Å². The number of hydrogen-bond donors (Lipinski definition) is 1. The molecule has 1 aromatic carbocycles. The number of aromatic nitrogens is 1. The van der Waals surface area contributed by atoms with Gasteiger partial charge in [-0.05, 0) is 18.1 Å². The molecule has 1 heterocycles. The fraction of sp³-hybridized carbons (Fsp3) is 0.333. The monoisotopic (exact) mass is 268 g/mol. The van der Waals surface area contributed by atoms with Crippen molar-refractivity contribution >= 4 is 28.2 Å². The van der Waals surface area contributed by atoms with E-state index in [0.29, 0.717) is 28.8 Å². The summed E-state index contributed by atoms with van der Waals surface area (Å²) < 4.78 is 10.2. The Kier molecular flexibility index (Phi) is 3.43. The van der Waals surface area contributed by atoms with Gasteiger partial charge in [0.15, 0.2) is 0 Å². The van der Waals surface area contributed by atoms with Crippen LogP contribution in [0.1, 0.15) is 13.8 Å². The Hall–Kier alpha value is -1.75. The van der Waals surface area contributed by atoms with Gasteiger partial charge in [0, 0.05) is 0 Å². The third kappa shape index (κ3) is 2.56. The molecule has 0 atom stereocenters. The van der Waals surface area contributed by atoms with Crippen LogP contribution in [0.2, 0.25) is 5.02 Å². The van der Waals surface area contributed by atoms with Gasteiger partial charge >= 0.3 is 11.7 Å². The maximum Gasteiger partial charge on any atom is 0.397 e. The van der Waals surface area contributed by atoms with E-state index in [0.717, 1.165) is 0 Å². The van der Waals surface area contributed by atoms with Crippen LogP contribution in [-0.4, -0.2) is 11.6 Å². The lowest BCUT2D eigenvalue weighted by Gasteiger charge is -2.07. The second-order valence-corrected chi connectivity index (χ2v) is 4.77. The van der Waals surface area contributed by atoms with E-state index in [1.807, 2.05) is 13.8 Å². The minimum atomic E-state index is -0.541. The van der Waals surface area contributed by atoms with E-state index in [2.05, 4.69) is 4.98 Å². The topological polar surface area (TPSA) is 78.4 Å². The molecule has 0 aliphatic heterocycles. The van der Waals surface area contributed by atoms with Gasteiger partial charge in [0.25, 0.3) is 0 Å². The Balaban J connectivity index is 2.48. The maximum atomic E-state index is 11.7. The summed E-state index contributed by atoms with van der Waals surface area (Å²) in [6.07, 6.45) is -0.0528. The minimum Gasteiger partial charge on any atom is -0.450 e. The second-order valence-electron chi connectivity index (χ2n) is 4.36. The molecule has 2 aromatic rings. The highest BCUT2D eigenvalue weighted by atomic mass is 35.5. The number of benzene rings is 1. The van der Waals surface area contributed by atoms with E-state index in [1.54, 1.807) is 0 Å². The first-order valence-electron chi connectivity index (χ1n) is 5.50. The summed E-state index contributed by atoms with van der Waals surface area (Å²) in [5.74, 6) is 0.308. The second kappa shape index (κ2) is 4.86. The molecule has 0 aliphatic carbocycles. The highest BCUT2D eigenvalue weighted by Gasteiger charge is 2.10. The van der Waals surface area contributed by atoms with Gasteiger partial charge in [-0.3, -0.25) is 0 Å². The zero-order valence-corrected chi connectivity index (χ0v) is 10.8. The Morgan fingerprint density at radius 3 is 2.89 bits per heavy atom. The first kappa shape index (κ1) is 12.7. The number of nitrogens with two attached hydrogens (primary N) is 1. The zero-order valence-electron chi connectivity index (χ0n) is 10.1. The molecule has 18 heavy (non-hydrogen) atoms. The van der Waals surface area contributed by atoms with Crippen molar-refractivity contribution in [3.63, 3.8) is 0 Å². The van der Waals surface area contributed by atoms with Crippen molar-refractivity contribution in [2.45, 2.75) is 13.8 Å². The van der Waals surface area contributed by atoms with Crippen LogP contribution in [0, 0.1) is 5.92 Å². The van der Waals surface area contributed by atoms with E-state index in [1.165, 1.54) is 12.1 Å². The van der Waals surface area contributed by atoms with Gasteiger partial charge in [-0.2, -0.15) is 4.98 Å². The summed E-state index contributed by atoms with van der Waals surface area (Å²) in [6, 6.07) is 2.97. The minimum absolute atomic E-state index is 0.0528. The smallest absolute Gasteiger partial charge is 0.397 e. The van der Waals surface area contributed by atoms with Crippen molar-refractivity contribution in [2.75, 3.05) is 12.3 Å². The Bertz CT molecular complexity index is 637. The molecule has 0 saturated heterocycles. The summed E-state index contributed by atoms with van der Waals surface area (Å²) in [5, 5.41) is 0.582. The van der Waals surface area contributed by atoms with Gasteiger partial charge < -0.3 is 14.9 Å². The molecule has 0 amide bonds. The van der Waals surface area contributed by atoms with E-state index >= 15 is 0 Å². The van der Waals surface area contributed by atoms with Crippen LogP contribution < -0.4 is 16.1 Å². The van der Waals surface area contributed by atoms with Gasteiger partial charge in [0.05, 0.1) is 28.2 Å². The average molecular weight is 269 g/mol. The average Bonchev–Trinajstić information content (AvgIpc) is 2.29. The van der Waals surface area contributed by atoms with Crippen LogP contribution in [0.4, 0.5) is 5.69 Å². The molecule has 2 rings (SSSR count). The van der Waals surface area contributed by atoms with Crippen LogP contribution in [-0.2, 0) is 0 Å². The lowest BCUT2D eigenvalue weighted by atomic mass is 10.2. The van der Waals surface area contributed by atoms with Gasteiger partial charge in [-0.15, -0.1) is 0 Å². The maximum absolute atomic E-state index is 11.7. The molecule has 0 radical (unpaired) electrons. The molecule has 2 N–H and O–H groups in total. The van der Waals surface area contributed by atoms with Crippen molar-refractivity contribution in [1.82, 2.24) is 4.98 Å². The van der Waals surface area contributed by atoms with Gasteiger partial charge in [0.2, 0.25) is 0 Å². The van der Waals surface area contributed by atoms with E-state index < -0.39 is 5.63 Å². The standard InChI is InChI=1S/C12H13ClN2O3/c1-6(2)5-17-12-15-10-4-9(14)8(13)3-7(10)11(16)18-12/h3-4,6H,5,14H2,1-2H3. The highest BCUT2D eigenvalue weighted by molar-refractivity contribution is 6.33. The number of nitrogen functional groups attached to an aromatic ring is 1. The highest BCUT2D eigenvalue weighted by Crippen LogP contribution is 2.24. The summed E-state index contributed by atoms with van der Waals surface area (Å²) in [6.45, 7) is 4.39. The first-order valence-corrected chi connectivity index (χ1v) is 5.88. The fourth-order valence-electron chi connectivity index (χ4n) is 1.39. The normalized spacial score (nSPS) is 11.1. The Morgan fingerprint density at radius 2 is 2.22 bits per heavy atom. The first-order chi connectivity index (χ1) is 8.47. The molecule has 0 unspecified atom stereocenters.